The monoisotopic (exact) mass is 270 g/mol. The molecule has 2 unspecified atom stereocenters. The van der Waals surface area contributed by atoms with Gasteiger partial charge in [-0.3, -0.25) is 0 Å². The first-order chi connectivity index (χ1) is 9.76. The number of hydrogen-bond donors (Lipinski definition) is 0. The standard InChI is InChI=1S/C16H15FN2O/c1-20-15-5-4-11(17)7-13(15)14-8-12-9-2-3-10(6-9)16(12)19-18-14/h4-5,7-10H,2-3,6H2,1H3. The van der Waals surface area contributed by atoms with Crippen LogP contribution < -0.4 is 4.74 Å². The van der Waals surface area contributed by atoms with Gasteiger partial charge in [-0.2, -0.15) is 10.2 Å². The number of ether oxygens (including phenoxy) is 1. The molecule has 1 fully saturated rings. The lowest BCUT2D eigenvalue weighted by Gasteiger charge is -2.15. The molecule has 3 nitrogen and oxygen atoms in total. The van der Waals surface area contributed by atoms with Crippen molar-refractivity contribution in [2.24, 2.45) is 0 Å². The Kier molecular flexibility index (Phi) is 2.52. The molecular weight excluding hydrogens is 255 g/mol. The number of methoxy groups -OCH3 is 1. The summed E-state index contributed by atoms with van der Waals surface area (Å²) in [6, 6.07) is 6.56. The smallest absolute Gasteiger partial charge is 0.128 e. The van der Waals surface area contributed by atoms with Crippen LogP contribution in [-0.4, -0.2) is 17.3 Å². The molecule has 2 aromatic rings. The van der Waals surface area contributed by atoms with Gasteiger partial charge in [-0.05, 0) is 55.0 Å². The van der Waals surface area contributed by atoms with Gasteiger partial charge in [0.25, 0.3) is 0 Å². The van der Waals surface area contributed by atoms with Gasteiger partial charge >= 0.3 is 0 Å². The van der Waals surface area contributed by atoms with Crippen LogP contribution in [-0.2, 0) is 0 Å². The lowest BCUT2D eigenvalue weighted by atomic mass is 9.95. The van der Waals surface area contributed by atoms with E-state index in [2.05, 4.69) is 16.3 Å². The highest BCUT2D eigenvalue weighted by atomic mass is 19.1. The second-order valence-electron chi connectivity index (χ2n) is 5.62. The van der Waals surface area contributed by atoms with Gasteiger partial charge in [-0.1, -0.05) is 0 Å². The predicted octanol–water partition coefficient (Wildman–Crippen LogP) is 3.66. The van der Waals surface area contributed by atoms with Crippen LogP contribution in [0, 0.1) is 5.82 Å². The first kappa shape index (κ1) is 11.8. The second-order valence-corrected chi connectivity index (χ2v) is 5.62. The SMILES string of the molecule is COc1ccc(F)cc1-c1cc2c(nn1)C1CCC2C1. The van der Waals surface area contributed by atoms with Gasteiger partial charge in [-0.15, -0.1) is 0 Å². The highest BCUT2D eigenvalue weighted by Gasteiger charge is 2.38. The Morgan fingerprint density at radius 3 is 2.85 bits per heavy atom. The molecule has 4 rings (SSSR count). The van der Waals surface area contributed by atoms with Crippen LogP contribution in [0.25, 0.3) is 11.3 Å². The summed E-state index contributed by atoms with van der Waals surface area (Å²) in [4.78, 5) is 0. The van der Waals surface area contributed by atoms with Crippen LogP contribution in [0.15, 0.2) is 24.3 Å². The minimum atomic E-state index is -0.287. The van der Waals surface area contributed by atoms with Gasteiger partial charge in [0, 0.05) is 11.5 Å². The number of nitrogens with zero attached hydrogens (tertiary/aromatic N) is 2. The highest BCUT2D eigenvalue weighted by Crippen LogP contribution is 2.52. The number of rotatable bonds is 2. The molecule has 0 saturated heterocycles. The third-order valence-electron chi connectivity index (χ3n) is 4.55. The number of hydrogen-bond acceptors (Lipinski definition) is 3. The van der Waals surface area contributed by atoms with Crippen molar-refractivity contribution in [2.75, 3.05) is 7.11 Å². The molecule has 1 aromatic heterocycles. The maximum absolute atomic E-state index is 13.5. The Balaban J connectivity index is 1.84. The quantitative estimate of drug-likeness (QED) is 0.835. The van der Waals surface area contributed by atoms with E-state index in [1.54, 1.807) is 13.2 Å². The fourth-order valence-corrected chi connectivity index (χ4v) is 3.58. The summed E-state index contributed by atoms with van der Waals surface area (Å²) < 4.78 is 18.8. The summed E-state index contributed by atoms with van der Waals surface area (Å²) in [6.07, 6.45) is 3.67. The van der Waals surface area contributed by atoms with Crippen LogP contribution in [0.1, 0.15) is 42.4 Å². The molecule has 20 heavy (non-hydrogen) atoms. The van der Waals surface area contributed by atoms with Crippen molar-refractivity contribution >= 4 is 0 Å². The lowest BCUT2D eigenvalue weighted by molar-refractivity contribution is 0.415. The van der Waals surface area contributed by atoms with Gasteiger partial charge < -0.3 is 4.74 Å². The fourth-order valence-electron chi connectivity index (χ4n) is 3.58. The highest BCUT2D eigenvalue weighted by molar-refractivity contribution is 5.68. The van der Waals surface area contributed by atoms with Gasteiger partial charge in [0.1, 0.15) is 11.6 Å². The number of aromatic nitrogens is 2. The maximum Gasteiger partial charge on any atom is 0.128 e. The summed E-state index contributed by atoms with van der Waals surface area (Å²) in [6.45, 7) is 0. The van der Waals surface area contributed by atoms with E-state index < -0.39 is 0 Å². The largest absolute Gasteiger partial charge is 0.496 e. The first-order valence-electron chi connectivity index (χ1n) is 6.97. The van der Waals surface area contributed by atoms with Gasteiger partial charge in [0.05, 0.1) is 18.5 Å². The fraction of sp³-hybridized carbons (Fsp3) is 0.375. The molecule has 1 aromatic carbocycles. The zero-order valence-electron chi connectivity index (χ0n) is 11.3. The molecule has 102 valence electrons. The van der Waals surface area contributed by atoms with E-state index in [1.165, 1.54) is 37.0 Å². The summed E-state index contributed by atoms with van der Waals surface area (Å²) in [5.74, 6) is 1.54. The Morgan fingerprint density at radius 1 is 1.15 bits per heavy atom. The van der Waals surface area contributed by atoms with E-state index in [-0.39, 0.29) is 5.82 Å². The van der Waals surface area contributed by atoms with Crippen LogP contribution in [0.4, 0.5) is 4.39 Å². The molecule has 0 radical (unpaired) electrons. The molecule has 2 bridgehead atoms. The molecule has 0 spiro atoms. The normalized spacial score (nSPS) is 22.9. The second kappa shape index (κ2) is 4.27. The zero-order chi connectivity index (χ0) is 13.7. The molecule has 1 saturated carbocycles. The van der Waals surface area contributed by atoms with Crippen LogP contribution in [0.3, 0.4) is 0 Å². The molecule has 2 atom stereocenters. The third kappa shape index (κ3) is 1.64. The Hall–Kier alpha value is -1.97. The van der Waals surface area contributed by atoms with Crippen LogP contribution >= 0.6 is 0 Å². The van der Waals surface area contributed by atoms with E-state index >= 15 is 0 Å². The molecule has 0 N–H and O–H groups in total. The van der Waals surface area contributed by atoms with Crippen molar-refractivity contribution in [3.63, 3.8) is 0 Å². The average Bonchev–Trinajstić information content (AvgIpc) is 3.08. The molecule has 2 aliphatic rings. The van der Waals surface area contributed by atoms with Gasteiger partial charge in [0.2, 0.25) is 0 Å². The molecule has 0 amide bonds. The zero-order valence-corrected chi connectivity index (χ0v) is 11.3. The van der Waals surface area contributed by atoms with Crippen molar-refractivity contribution in [3.05, 3.63) is 41.3 Å². The van der Waals surface area contributed by atoms with Crippen molar-refractivity contribution in [1.82, 2.24) is 10.2 Å². The molecular formula is C16H15FN2O. The predicted molar refractivity (Wildman–Crippen MR) is 73.3 cm³/mol. The number of benzene rings is 1. The molecule has 0 aliphatic heterocycles. The average molecular weight is 270 g/mol. The van der Waals surface area contributed by atoms with Crippen LogP contribution in [0.2, 0.25) is 0 Å². The first-order valence-corrected chi connectivity index (χ1v) is 6.97. The minimum absolute atomic E-state index is 0.287. The summed E-state index contributed by atoms with van der Waals surface area (Å²) in [5, 5.41) is 8.69. The minimum Gasteiger partial charge on any atom is -0.496 e. The Labute approximate surface area is 116 Å². The van der Waals surface area contributed by atoms with E-state index in [1.807, 2.05) is 0 Å². The molecule has 1 heterocycles. The molecule has 2 aliphatic carbocycles. The molecule has 4 heteroatoms. The van der Waals surface area contributed by atoms with Crippen molar-refractivity contribution < 1.29 is 9.13 Å². The van der Waals surface area contributed by atoms with Crippen molar-refractivity contribution in [2.45, 2.75) is 31.1 Å². The van der Waals surface area contributed by atoms with Crippen molar-refractivity contribution in [1.29, 1.82) is 0 Å². The van der Waals surface area contributed by atoms with Gasteiger partial charge in [0.15, 0.2) is 0 Å². The van der Waals surface area contributed by atoms with E-state index in [0.717, 1.165) is 5.69 Å². The number of fused-ring (bicyclic) bond motifs is 5. The lowest BCUT2D eigenvalue weighted by Crippen LogP contribution is -2.04. The van der Waals surface area contributed by atoms with Crippen LogP contribution in [0.5, 0.6) is 5.75 Å². The summed E-state index contributed by atoms with van der Waals surface area (Å²) in [5.41, 5.74) is 3.83. The van der Waals surface area contributed by atoms with E-state index in [4.69, 9.17) is 4.74 Å². The Morgan fingerprint density at radius 2 is 2.00 bits per heavy atom. The van der Waals surface area contributed by atoms with Crippen molar-refractivity contribution in [3.8, 4) is 17.0 Å². The van der Waals surface area contributed by atoms with E-state index in [0.29, 0.717) is 28.8 Å². The van der Waals surface area contributed by atoms with E-state index in [9.17, 15) is 4.39 Å². The Bertz CT molecular complexity index is 686. The topological polar surface area (TPSA) is 35.0 Å². The third-order valence-corrected chi connectivity index (χ3v) is 4.55. The number of halogens is 1. The van der Waals surface area contributed by atoms with Gasteiger partial charge in [-0.25, -0.2) is 4.39 Å². The summed E-state index contributed by atoms with van der Waals surface area (Å²) >= 11 is 0. The maximum atomic E-state index is 13.5. The summed E-state index contributed by atoms with van der Waals surface area (Å²) in [7, 11) is 1.58.